The van der Waals surface area contributed by atoms with Crippen LogP contribution in [0.3, 0.4) is 0 Å². The molecule has 0 fully saturated rings. The maximum Gasteiger partial charge on any atom is 0.352 e. The highest BCUT2D eigenvalue weighted by Crippen LogP contribution is 2.23. The molecule has 0 aliphatic rings. The Morgan fingerprint density at radius 1 is 1.30 bits per heavy atom. The number of aromatic nitrogens is 1. The number of carbonyl (C=O) groups is 3. The summed E-state index contributed by atoms with van der Waals surface area (Å²) < 4.78 is 1.58. The number of aromatic carboxylic acids is 1. The van der Waals surface area contributed by atoms with Gasteiger partial charge in [-0.25, -0.2) is 4.79 Å². The van der Waals surface area contributed by atoms with Gasteiger partial charge in [0.1, 0.15) is 12.0 Å². The van der Waals surface area contributed by atoms with Crippen molar-refractivity contribution in [2.45, 2.75) is 19.4 Å². The number of rotatable bonds is 6. The molecule has 23 heavy (non-hydrogen) atoms. The molecule has 1 aromatic heterocycles. The van der Waals surface area contributed by atoms with Gasteiger partial charge in [0.15, 0.2) is 0 Å². The van der Waals surface area contributed by atoms with Crippen LogP contribution in [0.15, 0.2) is 24.3 Å². The van der Waals surface area contributed by atoms with Crippen molar-refractivity contribution in [1.29, 1.82) is 0 Å². The summed E-state index contributed by atoms with van der Waals surface area (Å²) in [5.74, 6) is -1.29. The zero-order valence-electron chi connectivity index (χ0n) is 13.2. The van der Waals surface area contributed by atoms with E-state index in [9.17, 15) is 14.4 Å². The highest BCUT2D eigenvalue weighted by atomic mass is 16.4. The minimum absolute atomic E-state index is 0.0834. The molecule has 0 aliphatic heterocycles. The average molecular weight is 317 g/mol. The molecule has 7 heteroatoms. The SMILES string of the molecule is Cn1c(C(=O)O)cc2cc(NC(=O)C(C)(C)NCC=O)ccc21. The van der Waals surface area contributed by atoms with Crippen LogP contribution >= 0.6 is 0 Å². The van der Waals surface area contributed by atoms with Crippen molar-refractivity contribution in [2.24, 2.45) is 7.05 Å². The van der Waals surface area contributed by atoms with Gasteiger partial charge in [0.25, 0.3) is 0 Å². The third-order valence-electron chi connectivity index (χ3n) is 3.71. The van der Waals surface area contributed by atoms with Crippen molar-refractivity contribution in [3.63, 3.8) is 0 Å². The van der Waals surface area contributed by atoms with Crippen LogP contribution in [0.1, 0.15) is 24.3 Å². The van der Waals surface area contributed by atoms with E-state index in [0.29, 0.717) is 12.0 Å². The molecular formula is C16H19N3O4. The van der Waals surface area contributed by atoms with Crippen LogP contribution < -0.4 is 10.6 Å². The van der Waals surface area contributed by atoms with Crippen LogP contribution in [-0.2, 0) is 16.6 Å². The van der Waals surface area contributed by atoms with E-state index < -0.39 is 11.5 Å². The first-order valence-corrected chi connectivity index (χ1v) is 7.09. The van der Waals surface area contributed by atoms with Gasteiger partial charge in [-0.1, -0.05) is 0 Å². The van der Waals surface area contributed by atoms with E-state index in [2.05, 4.69) is 10.6 Å². The zero-order chi connectivity index (χ0) is 17.2. The summed E-state index contributed by atoms with van der Waals surface area (Å²) in [5, 5.41) is 15.5. The van der Waals surface area contributed by atoms with Gasteiger partial charge in [-0.3, -0.25) is 10.1 Å². The van der Waals surface area contributed by atoms with Crippen LogP contribution in [0.2, 0.25) is 0 Å². The number of aryl methyl sites for hydroxylation is 1. The third kappa shape index (κ3) is 3.40. The topological polar surface area (TPSA) is 100 Å². The van der Waals surface area contributed by atoms with Gasteiger partial charge in [0, 0.05) is 23.6 Å². The van der Waals surface area contributed by atoms with Gasteiger partial charge >= 0.3 is 5.97 Å². The van der Waals surface area contributed by atoms with E-state index in [1.165, 1.54) is 0 Å². The molecule has 0 radical (unpaired) electrons. The number of anilines is 1. The second-order valence-corrected chi connectivity index (χ2v) is 5.79. The molecule has 0 atom stereocenters. The van der Waals surface area contributed by atoms with Gasteiger partial charge in [0.05, 0.1) is 12.1 Å². The number of amides is 1. The first-order valence-electron chi connectivity index (χ1n) is 7.09. The van der Waals surface area contributed by atoms with E-state index >= 15 is 0 Å². The Morgan fingerprint density at radius 2 is 2.00 bits per heavy atom. The molecule has 122 valence electrons. The zero-order valence-corrected chi connectivity index (χ0v) is 13.2. The Hall–Kier alpha value is -2.67. The third-order valence-corrected chi connectivity index (χ3v) is 3.71. The summed E-state index contributed by atoms with van der Waals surface area (Å²) in [6.07, 6.45) is 0.693. The molecular weight excluding hydrogens is 298 g/mol. The largest absolute Gasteiger partial charge is 0.477 e. The van der Waals surface area contributed by atoms with E-state index in [0.717, 1.165) is 10.9 Å². The molecule has 0 spiro atoms. The van der Waals surface area contributed by atoms with Gasteiger partial charge in [-0.05, 0) is 38.1 Å². The first-order chi connectivity index (χ1) is 10.8. The minimum atomic E-state index is -1.01. The lowest BCUT2D eigenvalue weighted by atomic mass is 10.0. The van der Waals surface area contributed by atoms with Gasteiger partial charge in [-0.15, -0.1) is 0 Å². The first kappa shape index (κ1) is 16.7. The Labute approximate surface area is 133 Å². The number of nitrogens with one attached hydrogen (secondary N) is 2. The van der Waals surface area contributed by atoms with E-state index in [1.807, 2.05) is 0 Å². The number of nitrogens with zero attached hydrogens (tertiary/aromatic N) is 1. The Kier molecular flexibility index (Phi) is 4.51. The number of fused-ring (bicyclic) bond motifs is 1. The number of aldehydes is 1. The van der Waals surface area contributed by atoms with Crippen molar-refractivity contribution in [1.82, 2.24) is 9.88 Å². The fourth-order valence-corrected chi connectivity index (χ4v) is 2.30. The fraction of sp³-hybridized carbons (Fsp3) is 0.312. The quantitative estimate of drug-likeness (QED) is 0.699. The highest BCUT2D eigenvalue weighted by molar-refractivity contribution is 6.00. The summed E-state index contributed by atoms with van der Waals surface area (Å²) in [4.78, 5) is 33.8. The van der Waals surface area contributed by atoms with Crippen LogP contribution in [0.5, 0.6) is 0 Å². The summed E-state index contributed by atoms with van der Waals surface area (Å²) in [7, 11) is 1.68. The molecule has 1 aromatic carbocycles. The highest BCUT2D eigenvalue weighted by Gasteiger charge is 2.26. The summed E-state index contributed by atoms with van der Waals surface area (Å²) in [6, 6.07) is 6.74. The molecule has 2 aromatic rings. The number of carboxylic acids is 1. The van der Waals surface area contributed by atoms with Gasteiger partial charge in [0.2, 0.25) is 5.91 Å². The number of carboxylic acid groups (broad SMARTS) is 1. The summed E-state index contributed by atoms with van der Waals surface area (Å²) in [5.41, 5.74) is 0.597. The van der Waals surface area contributed by atoms with Crippen molar-refractivity contribution >= 4 is 34.8 Å². The molecule has 2 rings (SSSR count). The molecule has 0 saturated heterocycles. The van der Waals surface area contributed by atoms with Crippen LogP contribution in [0.4, 0.5) is 5.69 Å². The maximum atomic E-state index is 12.3. The molecule has 0 saturated carbocycles. The molecule has 0 bridgehead atoms. The smallest absolute Gasteiger partial charge is 0.352 e. The van der Waals surface area contributed by atoms with Crippen molar-refractivity contribution in [3.8, 4) is 0 Å². The fourth-order valence-electron chi connectivity index (χ4n) is 2.30. The van der Waals surface area contributed by atoms with E-state index in [-0.39, 0.29) is 18.1 Å². The Bertz CT molecular complexity index is 777. The summed E-state index contributed by atoms with van der Waals surface area (Å²) in [6.45, 7) is 3.44. The predicted molar refractivity (Wildman–Crippen MR) is 86.7 cm³/mol. The van der Waals surface area contributed by atoms with Crippen LogP contribution in [-0.4, -0.2) is 39.9 Å². The number of carbonyl (C=O) groups excluding carboxylic acids is 2. The maximum absolute atomic E-state index is 12.3. The molecule has 0 aliphatic carbocycles. The van der Waals surface area contributed by atoms with Crippen LogP contribution in [0, 0.1) is 0 Å². The average Bonchev–Trinajstić information content (AvgIpc) is 2.82. The summed E-state index contributed by atoms with van der Waals surface area (Å²) >= 11 is 0. The monoisotopic (exact) mass is 317 g/mol. The molecule has 1 heterocycles. The standard InChI is InChI=1S/C16H19N3O4/c1-16(2,17-6-7-20)15(23)18-11-4-5-12-10(8-11)9-13(14(21)22)19(12)3/h4-5,7-9,17H,6H2,1-3H3,(H,18,23)(H,21,22). The lowest BCUT2D eigenvalue weighted by molar-refractivity contribution is -0.121. The van der Waals surface area contributed by atoms with Crippen molar-refractivity contribution in [2.75, 3.05) is 11.9 Å². The lowest BCUT2D eigenvalue weighted by Gasteiger charge is -2.24. The Morgan fingerprint density at radius 3 is 2.61 bits per heavy atom. The normalized spacial score (nSPS) is 11.4. The lowest BCUT2D eigenvalue weighted by Crippen LogP contribution is -2.50. The molecule has 1 amide bonds. The molecule has 0 unspecified atom stereocenters. The van der Waals surface area contributed by atoms with Crippen LogP contribution in [0.25, 0.3) is 10.9 Å². The minimum Gasteiger partial charge on any atom is -0.477 e. The second-order valence-electron chi connectivity index (χ2n) is 5.79. The van der Waals surface area contributed by atoms with Crippen molar-refractivity contribution in [3.05, 3.63) is 30.0 Å². The van der Waals surface area contributed by atoms with Gasteiger partial charge in [-0.2, -0.15) is 0 Å². The Balaban J connectivity index is 2.26. The van der Waals surface area contributed by atoms with E-state index in [1.54, 1.807) is 49.7 Å². The molecule has 3 N–H and O–H groups in total. The van der Waals surface area contributed by atoms with E-state index in [4.69, 9.17) is 5.11 Å². The number of hydrogen-bond acceptors (Lipinski definition) is 4. The van der Waals surface area contributed by atoms with Gasteiger partial charge < -0.3 is 19.8 Å². The number of benzene rings is 1. The van der Waals surface area contributed by atoms with Crippen molar-refractivity contribution < 1.29 is 19.5 Å². The number of hydrogen-bond donors (Lipinski definition) is 3. The molecule has 7 nitrogen and oxygen atoms in total. The predicted octanol–water partition coefficient (Wildman–Crippen LogP) is 1.38. The second kappa shape index (κ2) is 6.21.